The number of nitrogens with zero attached hydrogens (tertiary/aromatic N) is 5. The maximum Gasteiger partial charge on any atom is 0.415 e. The lowest BCUT2D eigenvalue weighted by atomic mass is 9.85. The maximum atomic E-state index is 12.9. The number of fused-ring (bicyclic) bond motifs is 3. The van der Waals surface area contributed by atoms with Crippen LogP contribution in [0.2, 0.25) is 0 Å². The van der Waals surface area contributed by atoms with Crippen molar-refractivity contribution in [2.45, 2.75) is 56.0 Å². The molecular weight excluding hydrogens is 457 g/mol. The van der Waals surface area contributed by atoms with E-state index >= 15 is 0 Å². The van der Waals surface area contributed by atoms with Crippen molar-refractivity contribution >= 4 is 10.9 Å². The number of H-pyrrole nitrogens is 1. The number of rotatable bonds is 5. The van der Waals surface area contributed by atoms with Gasteiger partial charge in [0, 0.05) is 24.0 Å². The van der Waals surface area contributed by atoms with E-state index in [1.54, 1.807) is 4.68 Å². The number of halogens is 3. The number of para-hydroxylation sites is 1. The minimum absolute atomic E-state index is 0.0805. The monoisotopic (exact) mass is 482 g/mol. The van der Waals surface area contributed by atoms with Crippen molar-refractivity contribution in [2.24, 2.45) is 0 Å². The van der Waals surface area contributed by atoms with E-state index in [4.69, 9.17) is 0 Å². The summed E-state index contributed by atoms with van der Waals surface area (Å²) in [5, 5.41) is 26.5. The van der Waals surface area contributed by atoms with Gasteiger partial charge in [-0.05, 0) is 55.4 Å². The van der Waals surface area contributed by atoms with E-state index in [2.05, 4.69) is 32.6 Å². The van der Waals surface area contributed by atoms with Crippen molar-refractivity contribution in [3.8, 4) is 17.1 Å². The summed E-state index contributed by atoms with van der Waals surface area (Å²) in [5.41, 5.74) is 4.42. The van der Waals surface area contributed by atoms with Crippen molar-refractivity contribution in [1.82, 2.24) is 30.1 Å². The van der Waals surface area contributed by atoms with Crippen LogP contribution in [0.1, 0.15) is 37.2 Å². The zero-order valence-corrected chi connectivity index (χ0v) is 18.9. The maximum absolute atomic E-state index is 12.9. The van der Waals surface area contributed by atoms with Gasteiger partial charge in [-0.3, -0.25) is 10.00 Å². The number of alkyl halides is 3. The molecule has 2 aromatic carbocycles. The zero-order valence-electron chi connectivity index (χ0n) is 18.9. The largest absolute Gasteiger partial charge is 0.415 e. The minimum Gasteiger partial charge on any atom is -0.382 e. The lowest BCUT2D eigenvalue weighted by Gasteiger charge is -2.40. The molecule has 4 atom stereocenters. The highest BCUT2D eigenvalue weighted by atomic mass is 19.4. The highest BCUT2D eigenvalue weighted by Gasteiger charge is 2.46. The summed E-state index contributed by atoms with van der Waals surface area (Å²) in [4.78, 5) is 1.87. The molecule has 0 saturated carbocycles. The Labute approximate surface area is 199 Å². The summed E-state index contributed by atoms with van der Waals surface area (Å²) in [7, 11) is 0. The van der Waals surface area contributed by atoms with Crippen LogP contribution in [0.15, 0.2) is 54.7 Å². The zero-order chi connectivity index (χ0) is 24.2. The molecule has 7 nitrogen and oxygen atoms in total. The molecule has 0 aliphatic carbocycles. The summed E-state index contributed by atoms with van der Waals surface area (Å²) in [6, 6.07) is 16.2. The summed E-state index contributed by atoms with van der Waals surface area (Å²) >= 11 is 0. The van der Waals surface area contributed by atoms with Gasteiger partial charge in [0.05, 0.1) is 17.4 Å². The van der Waals surface area contributed by atoms with Crippen LogP contribution in [0.5, 0.6) is 0 Å². The van der Waals surface area contributed by atoms with Gasteiger partial charge in [0.25, 0.3) is 0 Å². The van der Waals surface area contributed by atoms with Crippen LogP contribution in [0.25, 0.3) is 28.0 Å². The highest BCUT2D eigenvalue weighted by Crippen LogP contribution is 2.43. The third kappa shape index (κ3) is 4.10. The molecular formula is C25H25F3N6O. The lowest BCUT2D eigenvalue weighted by molar-refractivity contribution is -0.210. The van der Waals surface area contributed by atoms with Gasteiger partial charge in [-0.25, -0.2) is 4.68 Å². The molecule has 6 rings (SSSR count). The smallest absolute Gasteiger partial charge is 0.382 e. The van der Waals surface area contributed by atoms with Crippen molar-refractivity contribution < 1.29 is 18.3 Å². The van der Waals surface area contributed by atoms with Crippen LogP contribution < -0.4 is 0 Å². The van der Waals surface area contributed by atoms with E-state index in [0.29, 0.717) is 11.6 Å². The summed E-state index contributed by atoms with van der Waals surface area (Å²) in [6.07, 6.45) is -1.63. The summed E-state index contributed by atoms with van der Waals surface area (Å²) < 4.78 is 40.3. The summed E-state index contributed by atoms with van der Waals surface area (Å²) in [6.45, 7) is -0.329. The number of nitrogens with one attached hydrogen (secondary N) is 1. The van der Waals surface area contributed by atoms with E-state index in [1.165, 1.54) is 5.56 Å². The number of piperidine rings is 1. The second kappa shape index (κ2) is 8.46. The van der Waals surface area contributed by atoms with Gasteiger partial charge in [0.15, 0.2) is 6.10 Å². The van der Waals surface area contributed by atoms with Crippen LogP contribution in [0.4, 0.5) is 13.2 Å². The molecule has 2 saturated heterocycles. The standard InChI is InChI=1S/C25H25F3N6O/c26-25(27,28)23(35)14-33-18-9-10-19(33)12-16(11-18)15-5-7-17(8-6-15)34-13-22(30-32-34)24-20-3-1-2-4-21(20)29-31-24/h1-8,13,16,18-19,23,35H,9-12,14H2,(H,29,31)/t16-,18-,19?,23?/m1/s1. The molecule has 2 aliphatic rings. The number of hydrogen-bond donors (Lipinski definition) is 2. The number of hydrogen-bond acceptors (Lipinski definition) is 5. The SMILES string of the molecule is OC(CN1C2CC[C@@H]1C[C@@H](c1ccc(-n3cc(-c4n[nH]c5ccccc45)nn3)cc1)C2)C(F)(F)F. The van der Waals surface area contributed by atoms with Gasteiger partial charge in [0.2, 0.25) is 0 Å². The van der Waals surface area contributed by atoms with Crippen LogP contribution in [0.3, 0.4) is 0 Å². The van der Waals surface area contributed by atoms with Gasteiger partial charge in [-0.15, -0.1) is 5.10 Å². The number of aromatic nitrogens is 5. The predicted octanol–water partition coefficient (Wildman–Crippen LogP) is 4.44. The number of aliphatic hydroxyl groups excluding tert-OH is 1. The first-order valence-electron chi connectivity index (χ1n) is 11.8. The van der Waals surface area contributed by atoms with Gasteiger partial charge >= 0.3 is 6.18 Å². The Morgan fingerprint density at radius 3 is 2.46 bits per heavy atom. The first-order chi connectivity index (χ1) is 16.9. The van der Waals surface area contributed by atoms with E-state index in [-0.39, 0.29) is 18.6 Å². The molecule has 2 N–H and O–H groups in total. The van der Waals surface area contributed by atoms with Crippen molar-refractivity contribution in [3.63, 3.8) is 0 Å². The fourth-order valence-electron chi connectivity index (χ4n) is 5.70. The molecule has 35 heavy (non-hydrogen) atoms. The average molecular weight is 483 g/mol. The Hall–Kier alpha value is -3.24. The third-order valence-corrected chi connectivity index (χ3v) is 7.48. The fourth-order valence-corrected chi connectivity index (χ4v) is 5.70. The molecule has 2 aliphatic heterocycles. The number of aliphatic hydroxyl groups is 1. The quantitative estimate of drug-likeness (QED) is 0.439. The van der Waals surface area contributed by atoms with Crippen molar-refractivity contribution in [3.05, 3.63) is 60.3 Å². The van der Waals surface area contributed by atoms with Crippen LogP contribution in [0, 0.1) is 0 Å². The van der Waals surface area contributed by atoms with Gasteiger partial charge in [-0.1, -0.05) is 35.5 Å². The average Bonchev–Trinajstić information content (AvgIpc) is 3.54. The Balaban J connectivity index is 1.16. The van der Waals surface area contributed by atoms with Crippen molar-refractivity contribution in [1.29, 1.82) is 0 Å². The Bertz CT molecular complexity index is 1320. The first kappa shape index (κ1) is 22.2. The van der Waals surface area contributed by atoms with Crippen LogP contribution in [-0.4, -0.2) is 66.1 Å². The van der Waals surface area contributed by atoms with Gasteiger partial charge < -0.3 is 5.11 Å². The van der Waals surface area contributed by atoms with Crippen molar-refractivity contribution in [2.75, 3.05) is 6.54 Å². The summed E-state index contributed by atoms with van der Waals surface area (Å²) in [5.74, 6) is 0.294. The minimum atomic E-state index is -4.57. The molecule has 4 heterocycles. The molecule has 182 valence electrons. The van der Waals surface area contributed by atoms with Gasteiger partial charge in [0.1, 0.15) is 11.4 Å². The molecule has 0 spiro atoms. The Kier molecular flexibility index (Phi) is 5.37. The lowest BCUT2D eigenvalue weighted by Crippen LogP contribution is -2.49. The molecule has 2 aromatic heterocycles. The fraction of sp³-hybridized carbons (Fsp3) is 0.400. The van der Waals surface area contributed by atoms with E-state index in [1.807, 2.05) is 47.5 Å². The second-order valence-corrected chi connectivity index (χ2v) is 9.57. The molecule has 2 fully saturated rings. The molecule has 0 radical (unpaired) electrons. The van der Waals surface area contributed by atoms with E-state index < -0.39 is 12.3 Å². The van der Waals surface area contributed by atoms with E-state index in [9.17, 15) is 18.3 Å². The third-order valence-electron chi connectivity index (χ3n) is 7.48. The number of benzene rings is 2. The van der Waals surface area contributed by atoms with Gasteiger partial charge in [-0.2, -0.15) is 18.3 Å². The second-order valence-electron chi connectivity index (χ2n) is 9.57. The molecule has 2 unspecified atom stereocenters. The van der Waals surface area contributed by atoms with Crippen LogP contribution in [-0.2, 0) is 0 Å². The normalized spacial score (nSPS) is 23.7. The molecule has 2 bridgehead atoms. The molecule has 0 amide bonds. The Morgan fingerprint density at radius 1 is 1.03 bits per heavy atom. The Morgan fingerprint density at radius 2 is 1.74 bits per heavy atom. The number of aromatic amines is 1. The topological polar surface area (TPSA) is 82.9 Å². The molecule has 4 aromatic rings. The van der Waals surface area contributed by atoms with E-state index in [0.717, 1.165) is 48.0 Å². The first-order valence-corrected chi connectivity index (χ1v) is 11.8. The van der Waals surface area contributed by atoms with Crippen LogP contribution >= 0.6 is 0 Å². The molecule has 10 heteroatoms. The predicted molar refractivity (Wildman–Crippen MR) is 124 cm³/mol. The highest BCUT2D eigenvalue weighted by molar-refractivity contribution is 5.91.